The predicted molar refractivity (Wildman–Crippen MR) is 74.6 cm³/mol. The summed E-state index contributed by atoms with van der Waals surface area (Å²) in [5.41, 5.74) is 0. The van der Waals surface area contributed by atoms with Crippen LogP contribution in [0.5, 0.6) is 0 Å². The fraction of sp³-hybridized carbons (Fsp3) is 1.00. The molecule has 0 fully saturated rings. The van der Waals surface area contributed by atoms with E-state index in [0.717, 1.165) is 5.92 Å². The van der Waals surface area contributed by atoms with Crippen molar-refractivity contribution in [3.8, 4) is 0 Å². The molecule has 0 rings (SSSR count). The first-order valence-corrected chi connectivity index (χ1v) is 6.89. The smallest absolute Gasteiger partial charge is 0.000385 e. The predicted octanol–water partition coefficient (Wildman–Crippen LogP) is 4.82. The summed E-state index contributed by atoms with van der Waals surface area (Å²) in [5.74, 6) is 0.875. The third-order valence-corrected chi connectivity index (χ3v) is 2.21. The first-order chi connectivity index (χ1) is 7.20. The van der Waals surface area contributed by atoms with Crippen LogP contribution in [-0.2, 0) is 0 Å². The first kappa shape index (κ1) is 20.4. The van der Waals surface area contributed by atoms with E-state index in [-0.39, 0.29) is 0 Å². The SMILES string of the molecule is CC.CC.CCCCC(C)CN(C)CC. The van der Waals surface area contributed by atoms with E-state index in [2.05, 4.69) is 32.7 Å². The molecule has 0 N–H and O–H groups in total. The van der Waals surface area contributed by atoms with Gasteiger partial charge in [0.15, 0.2) is 0 Å². The molecule has 0 saturated heterocycles. The molecule has 0 aliphatic heterocycles. The highest BCUT2D eigenvalue weighted by molar-refractivity contribution is 4.57. The van der Waals surface area contributed by atoms with Gasteiger partial charge in [-0.2, -0.15) is 0 Å². The average molecular weight is 217 g/mol. The summed E-state index contributed by atoms with van der Waals surface area (Å²) in [6.07, 6.45) is 4.11. The largest absolute Gasteiger partial charge is 0.306 e. The molecule has 0 heterocycles. The van der Waals surface area contributed by atoms with Crippen molar-refractivity contribution in [2.75, 3.05) is 20.1 Å². The van der Waals surface area contributed by atoms with Gasteiger partial charge in [-0.3, -0.25) is 0 Å². The molecule has 1 atom stereocenters. The molecule has 0 saturated carbocycles. The van der Waals surface area contributed by atoms with Crippen LogP contribution in [0.2, 0.25) is 0 Å². The molecule has 0 amide bonds. The molecule has 0 spiro atoms. The fourth-order valence-electron chi connectivity index (χ4n) is 1.31. The van der Waals surface area contributed by atoms with Gasteiger partial charge >= 0.3 is 0 Å². The van der Waals surface area contributed by atoms with Crippen molar-refractivity contribution >= 4 is 0 Å². The molecule has 15 heavy (non-hydrogen) atoms. The third-order valence-electron chi connectivity index (χ3n) is 2.21. The van der Waals surface area contributed by atoms with E-state index in [1.54, 1.807) is 0 Å². The van der Waals surface area contributed by atoms with E-state index in [0.29, 0.717) is 0 Å². The Morgan fingerprint density at radius 2 is 1.47 bits per heavy atom. The highest BCUT2D eigenvalue weighted by Crippen LogP contribution is 2.08. The zero-order valence-corrected chi connectivity index (χ0v) is 12.6. The molecular weight excluding hydrogens is 182 g/mol. The molecule has 0 radical (unpaired) electrons. The van der Waals surface area contributed by atoms with Gasteiger partial charge in [-0.15, -0.1) is 0 Å². The van der Waals surface area contributed by atoms with Gasteiger partial charge in [-0.05, 0) is 25.9 Å². The fourth-order valence-corrected chi connectivity index (χ4v) is 1.31. The number of unbranched alkanes of at least 4 members (excludes halogenated alkanes) is 1. The lowest BCUT2D eigenvalue weighted by molar-refractivity contribution is 0.287. The van der Waals surface area contributed by atoms with Crippen LogP contribution >= 0.6 is 0 Å². The molecule has 1 heteroatoms. The minimum atomic E-state index is 0.875. The van der Waals surface area contributed by atoms with Crippen LogP contribution in [0.1, 0.15) is 67.7 Å². The summed E-state index contributed by atoms with van der Waals surface area (Å²) in [6.45, 7) is 17.3. The lowest BCUT2D eigenvalue weighted by Crippen LogP contribution is -2.23. The lowest BCUT2D eigenvalue weighted by atomic mass is 10.0. The van der Waals surface area contributed by atoms with Gasteiger partial charge in [0.05, 0.1) is 0 Å². The normalized spacial score (nSPS) is 11.0. The van der Waals surface area contributed by atoms with Gasteiger partial charge in [0.2, 0.25) is 0 Å². The van der Waals surface area contributed by atoms with E-state index in [9.17, 15) is 0 Å². The summed E-state index contributed by atoms with van der Waals surface area (Å²) in [4.78, 5) is 2.39. The molecule has 0 aromatic heterocycles. The minimum Gasteiger partial charge on any atom is -0.306 e. The summed E-state index contributed by atoms with van der Waals surface area (Å²) >= 11 is 0. The molecule has 96 valence electrons. The van der Waals surface area contributed by atoms with Crippen molar-refractivity contribution in [3.63, 3.8) is 0 Å². The zero-order valence-electron chi connectivity index (χ0n) is 12.6. The second-order valence-corrected chi connectivity index (χ2v) is 3.60. The van der Waals surface area contributed by atoms with E-state index in [4.69, 9.17) is 0 Å². The van der Waals surface area contributed by atoms with E-state index in [1.807, 2.05) is 27.7 Å². The summed E-state index contributed by atoms with van der Waals surface area (Å²) in [7, 11) is 2.20. The lowest BCUT2D eigenvalue weighted by Gasteiger charge is -2.19. The highest BCUT2D eigenvalue weighted by atomic mass is 15.1. The maximum atomic E-state index is 2.39. The first-order valence-electron chi connectivity index (χ1n) is 6.89. The van der Waals surface area contributed by atoms with Crippen molar-refractivity contribution in [3.05, 3.63) is 0 Å². The van der Waals surface area contributed by atoms with Gasteiger partial charge in [0.1, 0.15) is 0 Å². The number of hydrogen-bond donors (Lipinski definition) is 0. The van der Waals surface area contributed by atoms with Gasteiger partial charge in [-0.25, -0.2) is 0 Å². The van der Waals surface area contributed by atoms with Gasteiger partial charge in [0, 0.05) is 6.54 Å². The summed E-state index contributed by atoms with van der Waals surface area (Å²) < 4.78 is 0. The Hall–Kier alpha value is -0.0400. The van der Waals surface area contributed by atoms with Crippen LogP contribution in [0.15, 0.2) is 0 Å². The van der Waals surface area contributed by atoms with Crippen molar-refractivity contribution in [2.24, 2.45) is 5.92 Å². The maximum Gasteiger partial charge on any atom is 0.000385 e. The second kappa shape index (κ2) is 19.5. The van der Waals surface area contributed by atoms with Crippen LogP contribution in [0, 0.1) is 5.92 Å². The van der Waals surface area contributed by atoms with Crippen LogP contribution < -0.4 is 0 Å². The van der Waals surface area contributed by atoms with Gasteiger partial charge in [-0.1, -0.05) is 61.3 Å². The third kappa shape index (κ3) is 20.1. The Bertz CT molecular complexity index is 81.4. The summed E-state index contributed by atoms with van der Waals surface area (Å²) in [5, 5.41) is 0. The highest BCUT2D eigenvalue weighted by Gasteiger charge is 2.03. The molecule has 0 aromatic rings. The quantitative estimate of drug-likeness (QED) is 0.617. The van der Waals surface area contributed by atoms with E-state index < -0.39 is 0 Å². The minimum absolute atomic E-state index is 0.875. The Balaban J connectivity index is -0.000000318. The molecule has 1 unspecified atom stereocenters. The molecule has 0 aromatic carbocycles. The van der Waals surface area contributed by atoms with E-state index >= 15 is 0 Å². The number of rotatable bonds is 6. The molecule has 0 aliphatic rings. The second-order valence-electron chi connectivity index (χ2n) is 3.60. The van der Waals surface area contributed by atoms with Crippen molar-refractivity contribution in [1.82, 2.24) is 4.90 Å². The van der Waals surface area contributed by atoms with Crippen LogP contribution in [-0.4, -0.2) is 25.0 Å². The Kier molecular flexibility index (Phi) is 26.5. The van der Waals surface area contributed by atoms with Crippen LogP contribution in [0.25, 0.3) is 0 Å². The van der Waals surface area contributed by atoms with E-state index in [1.165, 1.54) is 32.4 Å². The zero-order chi connectivity index (χ0) is 12.7. The Morgan fingerprint density at radius 3 is 1.80 bits per heavy atom. The standard InChI is InChI=1S/C10H23N.2C2H6/c1-5-7-8-10(3)9-11(4)6-2;2*1-2/h10H,5-9H2,1-4H3;2*1-2H3. The van der Waals surface area contributed by atoms with Gasteiger partial charge < -0.3 is 4.90 Å². The Morgan fingerprint density at radius 1 is 1.00 bits per heavy atom. The summed E-state index contributed by atoms with van der Waals surface area (Å²) in [6, 6.07) is 0. The number of nitrogens with zero attached hydrogens (tertiary/aromatic N) is 1. The molecule has 0 aliphatic carbocycles. The molecule has 1 nitrogen and oxygen atoms in total. The Labute approximate surface area is 99.3 Å². The molecule has 0 bridgehead atoms. The van der Waals surface area contributed by atoms with Crippen molar-refractivity contribution < 1.29 is 0 Å². The average Bonchev–Trinajstić information content (AvgIpc) is 2.31. The van der Waals surface area contributed by atoms with Crippen molar-refractivity contribution in [1.29, 1.82) is 0 Å². The maximum absolute atomic E-state index is 2.39. The van der Waals surface area contributed by atoms with Crippen molar-refractivity contribution in [2.45, 2.75) is 67.7 Å². The van der Waals surface area contributed by atoms with Crippen LogP contribution in [0.4, 0.5) is 0 Å². The monoisotopic (exact) mass is 217 g/mol. The topological polar surface area (TPSA) is 3.24 Å². The number of hydrogen-bond acceptors (Lipinski definition) is 1. The van der Waals surface area contributed by atoms with Gasteiger partial charge in [0.25, 0.3) is 0 Å². The van der Waals surface area contributed by atoms with Crippen LogP contribution in [0.3, 0.4) is 0 Å². The molecular formula is C14H35N.